The molecule has 7 heteroatoms. The zero-order chi connectivity index (χ0) is 24.2. The van der Waals surface area contributed by atoms with Gasteiger partial charge in [0, 0.05) is 5.92 Å². The Bertz CT molecular complexity index is 1180. The maximum Gasteiger partial charge on any atom is 0.338 e. The molecule has 1 aliphatic carbocycles. The summed E-state index contributed by atoms with van der Waals surface area (Å²) in [6.07, 6.45) is -1.69. The Hall–Kier alpha value is -3.97. The molecule has 3 aromatic rings. The average molecular weight is 472 g/mol. The van der Waals surface area contributed by atoms with Gasteiger partial charge in [0.2, 0.25) is 0 Å². The maximum atomic E-state index is 12.9. The second kappa shape index (κ2) is 10.1. The first kappa shape index (κ1) is 22.8. The smallest absolute Gasteiger partial charge is 0.338 e. The van der Waals surface area contributed by atoms with Gasteiger partial charge in [0.1, 0.15) is 12.2 Å². The third-order valence-electron chi connectivity index (χ3n) is 6.21. The number of fused-ring (bicyclic) bond motifs is 1. The summed E-state index contributed by atoms with van der Waals surface area (Å²) in [4.78, 5) is 38.3. The Balaban J connectivity index is 1.36. The van der Waals surface area contributed by atoms with Crippen molar-refractivity contribution < 1.29 is 33.3 Å². The average Bonchev–Trinajstić information content (AvgIpc) is 3.69. The van der Waals surface area contributed by atoms with Crippen molar-refractivity contribution in [2.24, 2.45) is 5.92 Å². The Kier molecular flexibility index (Phi) is 6.59. The highest BCUT2D eigenvalue weighted by molar-refractivity contribution is 5.90. The Labute approximate surface area is 202 Å². The first-order valence-electron chi connectivity index (χ1n) is 11.5. The van der Waals surface area contributed by atoms with Crippen LogP contribution in [0.4, 0.5) is 0 Å². The largest absolute Gasteiger partial charge is 0.462 e. The van der Waals surface area contributed by atoms with Crippen LogP contribution < -0.4 is 0 Å². The molecule has 1 aliphatic heterocycles. The minimum absolute atomic E-state index is 0.00751. The number of epoxide rings is 1. The van der Waals surface area contributed by atoms with Crippen molar-refractivity contribution in [3.8, 4) is 0 Å². The van der Waals surface area contributed by atoms with E-state index in [2.05, 4.69) is 0 Å². The van der Waals surface area contributed by atoms with E-state index in [0.717, 1.165) is 0 Å². The fourth-order valence-corrected chi connectivity index (χ4v) is 4.36. The minimum Gasteiger partial charge on any atom is -0.462 e. The van der Waals surface area contributed by atoms with Crippen molar-refractivity contribution in [1.29, 1.82) is 0 Å². The summed E-state index contributed by atoms with van der Waals surface area (Å²) >= 11 is 0. The molecule has 35 heavy (non-hydrogen) atoms. The number of hydrogen-bond acceptors (Lipinski definition) is 7. The van der Waals surface area contributed by atoms with Crippen molar-refractivity contribution in [3.63, 3.8) is 0 Å². The molecule has 1 heterocycles. The van der Waals surface area contributed by atoms with Gasteiger partial charge >= 0.3 is 17.9 Å². The summed E-state index contributed by atoms with van der Waals surface area (Å²) in [6.45, 7) is -0.00751. The Morgan fingerprint density at radius 2 is 1.11 bits per heavy atom. The van der Waals surface area contributed by atoms with Crippen LogP contribution in [0, 0.1) is 5.92 Å². The molecule has 0 unspecified atom stereocenters. The second-order valence-electron chi connectivity index (χ2n) is 8.57. The van der Waals surface area contributed by atoms with Crippen molar-refractivity contribution in [2.75, 3.05) is 6.61 Å². The van der Waals surface area contributed by atoms with Crippen LogP contribution in [0.1, 0.15) is 37.5 Å². The standard InChI is InChI=1S/C28H24O7/c29-26(18-10-4-1-5-11-18)32-17-21-16-22-24(33-22)25(35-28(31)20-14-8-3-9-15-20)23(21)34-27(30)19-12-6-2-7-13-19/h1-15,21-25H,16-17H2/t21-,22-,23-,24-,25+/m1/s1. The lowest BCUT2D eigenvalue weighted by Gasteiger charge is -2.34. The predicted molar refractivity (Wildman–Crippen MR) is 125 cm³/mol. The highest BCUT2D eigenvalue weighted by Gasteiger charge is 2.59. The molecular formula is C28H24O7. The number of carbonyl (C=O) groups excluding carboxylic acids is 3. The van der Waals surface area contributed by atoms with E-state index < -0.39 is 36.0 Å². The maximum absolute atomic E-state index is 12.9. The molecule has 0 bridgehead atoms. The Morgan fingerprint density at radius 1 is 0.657 bits per heavy atom. The molecule has 0 radical (unpaired) electrons. The van der Waals surface area contributed by atoms with Crippen molar-refractivity contribution in [1.82, 2.24) is 0 Å². The molecule has 2 fully saturated rings. The van der Waals surface area contributed by atoms with Crippen molar-refractivity contribution >= 4 is 17.9 Å². The summed E-state index contributed by atoms with van der Waals surface area (Å²) in [5.74, 6) is -1.97. The lowest BCUT2D eigenvalue weighted by Crippen LogP contribution is -2.49. The van der Waals surface area contributed by atoms with Gasteiger partial charge in [0.25, 0.3) is 0 Å². The number of rotatable bonds is 7. The molecule has 0 amide bonds. The van der Waals surface area contributed by atoms with Crippen LogP contribution in [0.2, 0.25) is 0 Å². The lowest BCUT2D eigenvalue weighted by molar-refractivity contribution is -0.0792. The van der Waals surface area contributed by atoms with E-state index in [9.17, 15) is 14.4 Å². The minimum atomic E-state index is -0.845. The van der Waals surface area contributed by atoms with Crippen LogP contribution in [0.25, 0.3) is 0 Å². The monoisotopic (exact) mass is 472 g/mol. The number of esters is 3. The molecule has 0 aromatic heterocycles. The summed E-state index contributed by atoms with van der Waals surface area (Å²) in [5, 5.41) is 0. The lowest BCUT2D eigenvalue weighted by atomic mass is 9.84. The van der Waals surface area contributed by atoms with E-state index in [-0.39, 0.29) is 18.8 Å². The quantitative estimate of drug-likeness (QED) is 0.291. The zero-order valence-electron chi connectivity index (χ0n) is 18.8. The molecule has 3 aromatic carbocycles. The Morgan fingerprint density at radius 3 is 1.63 bits per heavy atom. The highest BCUT2D eigenvalue weighted by atomic mass is 16.7. The summed E-state index contributed by atoms with van der Waals surface area (Å²) < 4.78 is 23.0. The third-order valence-corrected chi connectivity index (χ3v) is 6.21. The molecule has 1 saturated carbocycles. The normalized spacial score (nSPS) is 24.5. The van der Waals surface area contributed by atoms with Crippen LogP contribution in [0.15, 0.2) is 91.0 Å². The number of carbonyl (C=O) groups is 3. The summed E-state index contributed by atoms with van der Waals surface area (Å²) in [7, 11) is 0. The molecule has 5 rings (SSSR count). The SMILES string of the molecule is O=C(OC[C@H]1C[C@H]2O[C@H]2[C@@H](OC(=O)c2ccccc2)[C@@H]1OC(=O)c1ccccc1)c1ccccc1. The van der Waals surface area contributed by atoms with E-state index in [0.29, 0.717) is 23.1 Å². The molecule has 1 saturated heterocycles. The summed E-state index contributed by atoms with van der Waals surface area (Å²) in [5.41, 5.74) is 1.18. The van der Waals surface area contributed by atoms with E-state index in [1.54, 1.807) is 84.9 Å². The van der Waals surface area contributed by atoms with Gasteiger partial charge in [-0.1, -0.05) is 54.6 Å². The van der Waals surface area contributed by atoms with Crippen molar-refractivity contribution in [3.05, 3.63) is 108 Å². The second-order valence-corrected chi connectivity index (χ2v) is 8.57. The fourth-order valence-electron chi connectivity index (χ4n) is 4.36. The van der Waals surface area contributed by atoms with Crippen molar-refractivity contribution in [2.45, 2.75) is 30.8 Å². The van der Waals surface area contributed by atoms with Crippen LogP contribution in [-0.4, -0.2) is 48.9 Å². The molecule has 0 N–H and O–H groups in total. The van der Waals surface area contributed by atoms with Gasteiger partial charge in [-0.05, 0) is 42.8 Å². The number of ether oxygens (including phenoxy) is 4. The fraction of sp³-hybridized carbons (Fsp3) is 0.250. The van der Waals surface area contributed by atoms with Gasteiger partial charge in [-0.3, -0.25) is 0 Å². The third kappa shape index (κ3) is 5.25. The van der Waals surface area contributed by atoms with Gasteiger partial charge in [-0.25, -0.2) is 14.4 Å². The van der Waals surface area contributed by atoms with Gasteiger partial charge in [-0.2, -0.15) is 0 Å². The van der Waals surface area contributed by atoms with E-state index in [4.69, 9.17) is 18.9 Å². The predicted octanol–water partition coefficient (Wildman–Crippen LogP) is 4.08. The summed E-state index contributed by atoms with van der Waals surface area (Å²) in [6, 6.07) is 25.8. The van der Waals surface area contributed by atoms with Gasteiger partial charge in [0.05, 0.1) is 29.4 Å². The first-order valence-corrected chi connectivity index (χ1v) is 11.5. The van der Waals surface area contributed by atoms with Crippen LogP contribution in [0.3, 0.4) is 0 Å². The zero-order valence-corrected chi connectivity index (χ0v) is 18.8. The molecule has 178 valence electrons. The van der Waals surface area contributed by atoms with E-state index >= 15 is 0 Å². The van der Waals surface area contributed by atoms with Gasteiger partial charge < -0.3 is 18.9 Å². The molecule has 2 aliphatic rings. The van der Waals surface area contributed by atoms with Crippen LogP contribution in [-0.2, 0) is 18.9 Å². The number of benzene rings is 3. The van der Waals surface area contributed by atoms with E-state index in [1.807, 2.05) is 6.07 Å². The highest BCUT2D eigenvalue weighted by Crippen LogP contribution is 2.43. The van der Waals surface area contributed by atoms with E-state index in [1.165, 1.54) is 0 Å². The van der Waals surface area contributed by atoms with Gasteiger partial charge in [0.15, 0.2) is 6.10 Å². The van der Waals surface area contributed by atoms with Gasteiger partial charge in [-0.15, -0.1) is 0 Å². The molecule has 5 atom stereocenters. The first-order chi connectivity index (χ1) is 17.1. The molecular weight excluding hydrogens is 448 g/mol. The molecule has 7 nitrogen and oxygen atoms in total. The topological polar surface area (TPSA) is 91.4 Å². The van der Waals surface area contributed by atoms with Crippen LogP contribution in [0.5, 0.6) is 0 Å². The molecule has 0 spiro atoms. The number of hydrogen-bond donors (Lipinski definition) is 0. The van der Waals surface area contributed by atoms with Crippen LogP contribution >= 0.6 is 0 Å².